The largest absolute Gasteiger partial charge is 0.462 e. The monoisotopic (exact) mass is 378 g/mol. The van der Waals surface area contributed by atoms with Gasteiger partial charge in [0, 0.05) is 0 Å². The summed E-state index contributed by atoms with van der Waals surface area (Å²) in [5, 5.41) is 8.30. The molecule has 0 aliphatic heterocycles. The highest BCUT2D eigenvalue weighted by atomic mass is 32.1. The second-order valence-electron chi connectivity index (χ2n) is 4.42. The predicted molar refractivity (Wildman–Crippen MR) is 80.9 cm³/mol. The number of thiazole rings is 1. The van der Waals surface area contributed by atoms with E-state index in [2.05, 4.69) is 25.2 Å². The molecule has 2 aromatic heterocycles. The van der Waals surface area contributed by atoms with E-state index in [1.165, 1.54) is 13.1 Å². The van der Waals surface area contributed by atoms with Crippen molar-refractivity contribution in [3.05, 3.63) is 22.5 Å². The van der Waals surface area contributed by atoms with Crippen LogP contribution in [0.25, 0.3) is 0 Å². The van der Waals surface area contributed by atoms with Gasteiger partial charge in [0.05, 0.1) is 25.1 Å². The van der Waals surface area contributed by atoms with Gasteiger partial charge in [0.25, 0.3) is 0 Å². The maximum Gasteiger partial charge on any atom is 0.435 e. The van der Waals surface area contributed by atoms with Gasteiger partial charge in [-0.05, 0) is 13.8 Å². The average Bonchev–Trinajstić information content (AvgIpc) is 3.14. The molecule has 0 bridgehead atoms. The van der Waals surface area contributed by atoms with E-state index < -0.39 is 28.7 Å². The average molecular weight is 378 g/mol. The number of hydrogen-bond acceptors (Lipinski definition) is 8. The van der Waals surface area contributed by atoms with Crippen molar-refractivity contribution in [2.45, 2.75) is 20.0 Å². The minimum atomic E-state index is -4.83. The van der Waals surface area contributed by atoms with Crippen molar-refractivity contribution in [2.75, 3.05) is 18.5 Å². The third-order valence-electron chi connectivity index (χ3n) is 2.72. The first-order chi connectivity index (χ1) is 11.8. The van der Waals surface area contributed by atoms with Gasteiger partial charge < -0.3 is 14.8 Å². The van der Waals surface area contributed by atoms with Crippen molar-refractivity contribution in [1.29, 1.82) is 0 Å². The number of aromatic nitrogens is 3. The van der Waals surface area contributed by atoms with Crippen molar-refractivity contribution in [3.63, 3.8) is 0 Å². The van der Waals surface area contributed by atoms with E-state index in [0.717, 1.165) is 0 Å². The third kappa shape index (κ3) is 4.26. The van der Waals surface area contributed by atoms with Gasteiger partial charge in [-0.25, -0.2) is 14.6 Å². The molecule has 25 heavy (non-hydrogen) atoms. The first kappa shape index (κ1) is 18.7. The molecule has 0 aliphatic carbocycles. The Morgan fingerprint density at radius 2 is 1.88 bits per heavy atom. The van der Waals surface area contributed by atoms with Gasteiger partial charge in [0.15, 0.2) is 16.5 Å². The van der Waals surface area contributed by atoms with Crippen molar-refractivity contribution in [2.24, 2.45) is 0 Å². The molecule has 2 heterocycles. The summed E-state index contributed by atoms with van der Waals surface area (Å²) in [5.41, 5.74) is -1.38. The normalized spacial score (nSPS) is 11.2. The topological polar surface area (TPSA) is 106 Å². The third-order valence-corrected chi connectivity index (χ3v) is 3.67. The zero-order valence-electron chi connectivity index (χ0n) is 13.1. The summed E-state index contributed by atoms with van der Waals surface area (Å²) >= 11 is 0.456. The number of nitrogens with one attached hydrogen (secondary N) is 2. The molecule has 0 spiro atoms. The van der Waals surface area contributed by atoms with Crippen LogP contribution in [0.4, 0.5) is 24.0 Å². The summed E-state index contributed by atoms with van der Waals surface area (Å²) in [7, 11) is 0. The lowest BCUT2D eigenvalue weighted by atomic mass is 10.3. The van der Waals surface area contributed by atoms with Crippen LogP contribution in [0.3, 0.4) is 0 Å². The maximum atomic E-state index is 13.1. The Hall–Kier alpha value is -2.63. The molecule has 0 saturated heterocycles. The van der Waals surface area contributed by atoms with Crippen LogP contribution in [0.2, 0.25) is 0 Å². The number of ether oxygens (including phenoxy) is 2. The van der Waals surface area contributed by atoms with Gasteiger partial charge in [0.2, 0.25) is 0 Å². The molecule has 0 saturated carbocycles. The summed E-state index contributed by atoms with van der Waals surface area (Å²) < 4.78 is 48.6. The van der Waals surface area contributed by atoms with Crippen LogP contribution in [-0.2, 0) is 15.7 Å². The first-order valence-electron chi connectivity index (χ1n) is 7.00. The number of rotatable bonds is 6. The molecule has 8 nitrogen and oxygen atoms in total. The molecule has 0 unspecified atom stereocenters. The Kier molecular flexibility index (Phi) is 5.62. The minimum absolute atomic E-state index is 0.0660. The lowest BCUT2D eigenvalue weighted by Gasteiger charge is -2.05. The zero-order valence-corrected chi connectivity index (χ0v) is 13.9. The standard InChI is InChI=1S/C13H13F3N4O4S/c1-3-23-10(21)7-6(5-17-20-7)18-12-19-9(13(14,15)16)8(25-12)11(22)24-4-2/h5H,3-4H2,1-2H3,(H,17,20)(H,18,19). The summed E-state index contributed by atoms with van der Waals surface area (Å²) in [6.07, 6.45) is -3.65. The Bertz CT molecular complexity index is 772. The molecule has 136 valence electrons. The molecule has 0 aromatic carbocycles. The second kappa shape index (κ2) is 7.51. The van der Waals surface area contributed by atoms with Crippen molar-refractivity contribution < 1.29 is 32.2 Å². The number of halogens is 3. The van der Waals surface area contributed by atoms with Gasteiger partial charge >= 0.3 is 18.1 Å². The molecular formula is C13H13F3N4O4S. The summed E-state index contributed by atoms with van der Waals surface area (Å²) in [5.74, 6) is -1.86. The minimum Gasteiger partial charge on any atom is -0.462 e. The Morgan fingerprint density at radius 1 is 1.24 bits per heavy atom. The lowest BCUT2D eigenvalue weighted by Crippen LogP contribution is -2.13. The van der Waals surface area contributed by atoms with Crippen LogP contribution >= 0.6 is 11.3 Å². The molecule has 2 N–H and O–H groups in total. The highest BCUT2D eigenvalue weighted by Gasteiger charge is 2.40. The van der Waals surface area contributed by atoms with E-state index in [-0.39, 0.29) is 29.7 Å². The van der Waals surface area contributed by atoms with E-state index in [4.69, 9.17) is 4.74 Å². The number of esters is 2. The number of anilines is 2. The Morgan fingerprint density at radius 3 is 2.48 bits per heavy atom. The SMILES string of the molecule is CCOC(=O)c1[nH]ncc1Nc1nc(C(F)(F)F)c(C(=O)OCC)s1. The molecule has 0 radical (unpaired) electrons. The van der Waals surface area contributed by atoms with Crippen LogP contribution in [0.15, 0.2) is 6.20 Å². The fourth-order valence-corrected chi connectivity index (χ4v) is 2.65. The second-order valence-corrected chi connectivity index (χ2v) is 5.42. The molecule has 0 atom stereocenters. The molecule has 2 rings (SSSR count). The Labute approximate surface area is 143 Å². The molecule has 0 amide bonds. The van der Waals surface area contributed by atoms with Crippen LogP contribution in [0, 0.1) is 0 Å². The summed E-state index contributed by atoms with van der Waals surface area (Å²) in [4.78, 5) is 26.2. The Balaban J connectivity index is 2.34. The number of carbonyl (C=O) groups excluding carboxylic acids is 2. The van der Waals surface area contributed by atoms with Crippen LogP contribution in [0.5, 0.6) is 0 Å². The van der Waals surface area contributed by atoms with Gasteiger partial charge in [-0.15, -0.1) is 0 Å². The van der Waals surface area contributed by atoms with E-state index in [9.17, 15) is 22.8 Å². The molecular weight excluding hydrogens is 365 g/mol. The van der Waals surface area contributed by atoms with Crippen molar-refractivity contribution >= 4 is 34.1 Å². The van der Waals surface area contributed by atoms with Crippen LogP contribution in [-0.4, -0.2) is 40.3 Å². The molecule has 0 aliphatic rings. The van der Waals surface area contributed by atoms with E-state index >= 15 is 0 Å². The van der Waals surface area contributed by atoms with Gasteiger partial charge in [-0.2, -0.15) is 18.3 Å². The number of nitrogens with zero attached hydrogens (tertiary/aromatic N) is 2. The smallest absolute Gasteiger partial charge is 0.435 e. The molecule has 2 aromatic rings. The molecule has 12 heteroatoms. The fourth-order valence-electron chi connectivity index (χ4n) is 1.76. The summed E-state index contributed by atoms with van der Waals surface area (Å²) in [6.45, 7) is 3.11. The highest BCUT2D eigenvalue weighted by molar-refractivity contribution is 7.17. The van der Waals surface area contributed by atoms with Gasteiger partial charge in [0.1, 0.15) is 4.88 Å². The number of carbonyl (C=O) groups is 2. The number of aromatic amines is 1. The van der Waals surface area contributed by atoms with Crippen molar-refractivity contribution in [1.82, 2.24) is 15.2 Å². The predicted octanol–water partition coefficient (Wildman–Crippen LogP) is 2.98. The molecule has 0 fully saturated rings. The quantitative estimate of drug-likeness (QED) is 0.744. The fraction of sp³-hybridized carbons (Fsp3) is 0.385. The van der Waals surface area contributed by atoms with Crippen LogP contribution in [0.1, 0.15) is 39.7 Å². The number of alkyl halides is 3. The van der Waals surface area contributed by atoms with Crippen LogP contribution < -0.4 is 5.32 Å². The lowest BCUT2D eigenvalue weighted by molar-refractivity contribution is -0.141. The van der Waals surface area contributed by atoms with Gasteiger partial charge in [-0.3, -0.25) is 5.10 Å². The van der Waals surface area contributed by atoms with E-state index in [1.807, 2.05) is 0 Å². The highest BCUT2D eigenvalue weighted by Crippen LogP contribution is 2.37. The zero-order chi connectivity index (χ0) is 18.6. The van der Waals surface area contributed by atoms with E-state index in [1.54, 1.807) is 6.92 Å². The van der Waals surface area contributed by atoms with Gasteiger partial charge in [-0.1, -0.05) is 11.3 Å². The summed E-state index contributed by atoms with van der Waals surface area (Å²) in [6, 6.07) is 0. The number of hydrogen-bond donors (Lipinski definition) is 2. The first-order valence-corrected chi connectivity index (χ1v) is 7.82. The number of H-pyrrole nitrogens is 1. The maximum absolute atomic E-state index is 13.1. The van der Waals surface area contributed by atoms with E-state index in [0.29, 0.717) is 11.3 Å². The van der Waals surface area contributed by atoms with Crippen molar-refractivity contribution in [3.8, 4) is 0 Å².